The van der Waals surface area contributed by atoms with E-state index < -0.39 is 5.78 Å². The lowest BCUT2D eigenvalue weighted by atomic mass is 10.1. The van der Waals surface area contributed by atoms with Crippen LogP contribution < -0.4 is 0 Å². The maximum absolute atomic E-state index is 10.8. The molecule has 1 aromatic carbocycles. The fraction of sp³-hybridized carbons (Fsp3) is 0. The van der Waals surface area contributed by atoms with Crippen LogP contribution in [0.25, 0.3) is 6.08 Å². The predicted octanol–water partition coefficient (Wildman–Crippen LogP) is 1.71. The molecule has 0 radical (unpaired) electrons. The van der Waals surface area contributed by atoms with E-state index in [1.54, 1.807) is 30.3 Å². The lowest BCUT2D eigenvalue weighted by molar-refractivity contribution is -0.104. The van der Waals surface area contributed by atoms with Gasteiger partial charge in [0.15, 0.2) is 6.29 Å². The smallest absolute Gasteiger partial charge is 0.225 e. The molecule has 2 heteroatoms. The summed E-state index contributed by atoms with van der Waals surface area (Å²) >= 11 is 0. The van der Waals surface area contributed by atoms with Gasteiger partial charge in [0.2, 0.25) is 5.78 Å². The Morgan fingerprint density at radius 2 is 1.83 bits per heavy atom. The van der Waals surface area contributed by atoms with Gasteiger partial charge in [0.05, 0.1) is 0 Å². The minimum absolute atomic E-state index is 0.308. The third-order valence-electron chi connectivity index (χ3n) is 1.54. The Morgan fingerprint density at radius 1 is 1.25 bits per heavy atom. The van der Waals surface area contributed by atoms with Crippen LogP contribution in [0, 0.1) is 0 Å². The zero-order chi connectivity index (χ0) is 8.97. The molecule has 0 aromatic heterocycles. The molecule has 0 N–H and O–H groups in total. The van der Waals surface area contributed by atoms with Crippen molar-refractivity contribution in [1.29, 1.82) is 0 Å². The Kier molecular flexibility index (Phi) is 2.53. The van der Waals surface area contributed by atoms with Crippen LogP contribution in [0.2, 0.25) is 0 Å². The Balaban J connectivity index is 2.99. The van der Waals surface area contributed by atoms with E-state index in [9.17, 15) is 9.59 Å². The maximum atomic E-state index is 10.8. The highest BCUT2D eigenvalue weighted by Gasteiger charge is 2.01. The van der Waals surface area contributed by atoms with E-state index in [-0.39, 0.29) is 0 Å². The van der Waals surface area contributed by atoms with E-state index in [0.29, 0.717) is 11.8 Å². The molecule has 0 atom stereocenters. The predicted molar refractivity (Wildman–Crippen MR) is 46.9 cm³/mol. The summed E-state index contributed by atoms with van der Waals surface area (Å²) in [7, 11) is 0. The first-order valence-corrected chi connectivity index (χ1v) is 3.50. The van der Waals surface area contributed by atoms with Crippen molar-refractivity contribution in [1.82, 2.24) is 0 Å². The normalized spacial score (nSPS) is 9.00. The molecule has 0 aliphatic heterocycles. The quantitative estimate of drug-likeness (QED) is 0.383. The van der Waals surface area contributed by atoms with Gasteiger partial charge in [-0.3, -0.25) is 9.59 Å². The number of carbonyl (C=O) groups is 2. The van der Waals surface area contributed by atoms with Crippen molar-refractivity contribution in [3.63, 3.8) is 0 Å². The first-order chi connectivity index (χ1) is 5.77. The number of Topliss-reactive ketones (excluding diaryl/α,β-unsaturated/α-hetero) is 1. The van der Waals surface area contributed by atoms with E-state index in [0.717, 1.165) is 5.56 Å². The average Bonchev–Trinajstić information content (AvgIpc) is 2.17. The van der Waals surface area contributed by atoms with Gasteiger partial charge >= 0.3 is 0 Å². The van der Waals surface area contributed by atoms with Crippen molar-refractivity contribution >= 4 is 18.1 Å². The van der Waals surface area contributed by atoms with Gasteiger partial charge in [-0.1, -0.05) is 36.9 Å². The van der Waals surface area contributed by atoms with Crippen molar-refractivity contribution in [3.8, 4) is 0 Å². The molecular formula is C10H8O2. The first-order valence-electron chi connectivity index (χ1n) is 3.50. The summed E-state index contributed by atoms with van der Waals surface area (Å²) in [5.74, 6) is -0.495. The number of rotatable bonds is 3. The molecule has 0 bridgehead atoms. The molecule has 2 nitrogen and oxygen atoms in total. The number of ketones is 1. The molecule has 12 heavy (non-hydrogen) atoms. The van der Waals surface area contributed by atoms with Crippen molar-refractivity contribution in [2.75, 3.05) is 0 Å². The third-order valence-corrected chi connectivity index (χ3v) is 1.54. The number of carbonyl (C=O) groups excluding carboxylic acids is 2. The van der Waals surface area contributed by atoms with E-state index in [1.165, 1.54) is 0 Å². The van der Waals surface area contributed by atoms with Crippen LogP contribution in [-0.2, 0) is 4.79 Å². The number of benzene rings is 1. The molecule has 0 aliphatic carbocycles. The first kappa shape index (κ1) is 8.40. The SMILES string of the molecule is C=Cc1ccc(C(=O)C=O)cc1. The van der Waals surface area contributed by atoms with Crippen LogP contribution in [0.3, 0.4) is 0 Å². The Labute approximate surface area is 70.5 Å². The summed E-state index contributed by atoms with van der Waals surface area (Å²) in [6.07, 6.45) is 1.98. The maximum Gasteiger partial charge on any atom is 0.225 e. The van der Waals surface area contributed by atoms with Crippen molar-refractivity contribution < 1.29 is 9.59 Å². The second-order valence-electron chi connectivity index (χ2n) is 2.31. The van der Waals surface area contributed by atoms with Gasteiger partial charge in [-0.15, -0.1) is 0 Å². The summed E-state index contributed by atoms with van der Waals surface area (Å²) < 4.78 is 0. The van der Waals surface area contributed by atoms with Crippen LogP contribution >= 0.6 is 0 Å². The molecule has 0 spiro atoms. The third kappa shape index (κ3) is 1.66. The average molecular weight is 160 g/mol. The Hall–Kier alpha value is -1.70. The molecule has 0 amide bonds. The van der Waals surface area contributed by atoms with Crippen LogP contribution in [0.15, 0.2) is 30.8 Å². The number of hydrogen-bond acceptors (Lipinski definition) is 2. The van der Waals surface area contributed by atoms with Crippen molar-refractivity contribution in [2.24, 2.45) is 0 Å². The van der Waals surface area contributed by atoms with Gasteiger partial charge in [-0.2, -0.15) is 0 Å². The molecule has 60 valence electrons. The number of hydrogen-bond donors (Lipinski definition) is 0. The summed E-state index contributed by atoms with van der Waals surface area (Å²) in [4.78, 5) is 20.9. The number of aldehydes is 1. The zero-order valence-corrected chi connectivity index (χ0v) is 6.49. The van der Waals surface area contributed by atoms with Gasteiger partial charge in [0.1, 0.15) is 0 Å². The Bertz CT molecular complexity index is 309. The molecule has 0 saturated carbocycles. The van der Waals surface area contributed by atoms with Crippen molar-refractivity contribution in [3.05, 3.63) is 42.0 Å². The van der Waals surface area contributed by atoms with E-state index >= 15 is 0 Å². The standard InChI is InChI=1S/C10H8O2/c1-2-8-3-5-9(6-4-8)10(12)7-11/h2-7H,1H2. The molecule has 0 unspecified atom stereocenters. The molecule has 0 fully saturated rings. The van der Waals surface area contributed by atoms with E-state index in [1.807, 2.05) is 0 Å². The lowest BCUT2D eigenvalue weighted by Crippen LogP contribution is -1.98. The fourth-order valence-corrected chi connectivity index (χ4v) is 0.852. The van der Waals surface area contributed by atoms with E-state index in [4.69, 9.17) is 0 Å². The highest BCUT2D eigenvalue weighted by molar-refractivity contribution is 6.33. The van der Waals surface area contributed by atoms with Crippen LogP contribution in [0.5, 0.6) is 0 Å². The van der Waals surface area contributed by atoms with Crippen LogP contribution in [-0.4, -0.2) is 12.1 Å². The molecular weight excluding hydrogens is 152 g/mol. The molecule has 1 rings (SSSR count). The zero-order valence-electron chi connectivity index (χ0n) is 6.49. The Morgan fingerprint density at radius 3 is 2.25 bits per heavy atom. The van der Waals surface area contributed by atoms with E-state index in [2.05, 4.69) is 6.58 Å². The summed E-state index contributed by atoms with van der Waals surface area (Å²) in [6, 6.07) is 6.69. The highest BCUT2D eigenvalue weighted by atomic mass is 16.2. The van der Waals surface area contributed by atoms with Gasteiger partial charge in [0, 0.05) is 5.56 Å². The minimum Gasteiger partial charge on any atom is -0.294 e. The molecule has 0 heterocycles. The summed E-state index contributed by atoms with van der Waals surface area (Å²) in [5.41, 5.74) is 1.34. The molecule has 0 saturated heterocycles. The van der Waals surface area contributed by atoms with Gasteiger partial charge < -0.3 is 0 Å². The van der Waals surface area contributed by atoms with Crippen LogP contribution in [0.1, 0.15) is 15.9 Å². The monoisotopic (exact) mass is 160 g/mol. The largest absolute Gasteiger partial charge is 0.294 e. The molecule has 0 aliphatic rings. The summed E-state index contributed by atoms with van der Waals surface area (Å²) in [5, 5.41) is 0. The minimum atomic E-state index is -0.495. The topological polar surface area (TPSA) is 34.1 Å². The van der Waals surface area contributed by atoms with Crippen molar-refractivity contribution in [2.45, 2.75) is 0 Å². The highest BCUT2D eigenvalue weighted by Crippen LogP contribution is 2.04. The van der Waals surface area contributed by atoms with Gasteiger partial charge in [-0.05, 0) is 5.56 Å². The fourth-order valence-electron chi connectivity index (χ4n) is 0.852. The second-order valence-corrected chi connectivity index (χ2v) is 2.31. The molecule has 1 aromatic rings. The van der Waals surface area contributed by atoms with Gasteiger partial charge in [0.25, 0.3) is 0 Å². The van der Waals surface area contributed by atoms with Gasteiger partial charge in [-0.25, -0.2) is 0 Å². The van der Waals surface area contributed by atoms with Crippen LogP contribution in [0.4, 0.5) is 0 Å². The lowest BCUT2D eigenvalue weighted by Gasteiger charge is -1.94. The summed E-state index contributed by atoms with van der Waals surface area (Å²) in [6.45, 7) is 3.57. The second kappa shape index (κ2) is 3.62.